The Morgan fingerprint density at radius 2 is 1.30 bits per heavy atom. The van der Waals surface area contributed by atoms with Crippen molar-refractivity contribution in [2.45, 2.75) is 6.54 Å². The molecule has 0 spiro atoms. The predicted octanol–water partition coefficient (Wildman–Crippen LogP) is 2.24. The molecule has 0 bridgehead atoms. The summed E-state index contributed by atoms with van der Waals surface area (Å²) in [5.74, 6) is -0.596. The van der Waals surface area contributed by atoms with Crippen LogP contribution in [-0.2, 0) is 16.0 Å². The van der Waals surface area contributed by atoms with Gasteiger partial charge in [-0.15, -0.1) is 0 Å². The average molecular weight is 456 g/mol. The molecular formula is C24H28N2O7. The first-order valence-corrected chi connectivity index (χ1v) is 10.5. The number of benzene rings is 2. The summed E-state index contributed by atoms with van der Waals surface area (Å²) in [6.07, 6.45) is 0. The molecule has 1 amide bonds. The second kappa shape index (κ2) is 10.8. The molecule has 0 aliphatic carbocycles. The molecule has 9 heteroatoms. The van der Waals surface area contributed by atoms with Crippen molar-refractivity contribution >= 4 is 17.8 Å². The largest absolute Gasteiger partial charge is 0.493 e. The van der Waals surface area contributed by atoms with Crippen LogP contribution in [0.3, 0.4) is 0 Å². The van der Waals surface area contributed by atoms with Crippen LogP contribution in [-0.4, -0.2) is 82.3 Å². The molecular weight excluding hydrogens is 428 g/mol. The van der Waals surface area contributed by atoms with Crippen LogP contribution in [0, 0.1) is 0 Å². The highest BCUT2D eigenvalue weighted by Gasteiger charge is 2.28. The fourth-order valence-electron chi connectivity index (χ4n) is 3.82. The second-order valence-electron chi connectivity index (χ2n) is 7.46. The van der Waals surface area contributed by atoms with Crippen molar-refractivity contribution in [1.29, 1.82) is 0 Å². The zero-order chi connectivity index (χ0) is 24.0. The monoisotopic (exact) mass is 456 g/mol. The second-order valence-corrected chi connectivity index (χ2v) is 7.46. The molecule has 2 aromatic carbocycles. The van der Waals surface area contributed by atoms with Gasteiger partial charge >= 0.3 is 11.9 Å². The van der Waals surface area contributed by atoms with Gasteiger partial charge in [0.15, 0.2) is 11.5 Å². The van der Waals surface area contributed by atoms with E-state index in [1.54, 1.807) is 17.0 Å². The van der Waals surface area contributed by atoms with Gasteiger partial charge in [0.25, 0.3) is 5.91 Å². The van der Waals surface area contributed by atoms with Gasteiger partial charge in [0.05, 0.1) is 45.1 Å². The molecule has 0 saturated carbocycles. The van der Waals surface area contributed by atoms with Crippen molar-refractivity contribution in [2.24, 2.45) is 0 Å². The Morgan fingerprint density at radius 3 is 1.88 bits per heavy atom. The van der Waals surface area contributed by atoms with Crippen LogP contribution in [0.4, 0.5) is 0 Å². The molecule has 33 heavy (non-hydrogen) atoms. The Bertz CT molecular complexity index is 1030. The van der Waals surface area contributed by atoms with Gasteiger partial charge < -0.3 is 23.8 Å². The van der Waals surface area contributed by atoms with Crippen LogP contribution in [0.15, 0.2) is 36.4 Å². The first-order valence-electron chi connectivity index (χ1n) is 10.5. The summed E-state index contributed by atoms with van der Waals surface area (Å²) in [6.45, 7) is 2.73. The first-order chi connectivity index (χ1) is 15.9. The summed E-state index contributed by atoms with van der Waals surface area (Å²) in [5, 5.41) is 0. The molecule has 0 unspecified atom stereocenters. The van der Waals surface area contributed by atoms with Crippen LogP contribution >= 0.6 is 0 Å². The highest BCUT2D eigenvalue weighted by molar-refractivity contribution is 6.06. The Labute approximate surface area is 192 Å². The summed E-state index contributed by atoms with van der Waals surface area (Å²) in [7, 11) is 5.55. The third-order valence-corrected chi connectivity index (χ3v) is 5.64. The van der Waals surface area contributed by atoms with E-state index in [1.807, 2.05) is 12.1 Å². The van der Waals surface area contributed by atoms with E-state index in [2.05, 4.69) is 4.90 Å². The lowest BCUT2D eigenvalue weighted by atomic mass is 10.0. The minimum atomic E-state index is -0.627. The fraction of sp³-hybridized carbons (Fsp3) is 0.375. The Hall–Kier alpha value is -3.59. The molecule has 0 atom stereocenters. The number of methoxy groups -OCH3 is 4. The number of carbonyl (C=O) groups excluding carboxylic acids is 3. The van der Waals surface area contributed by atoms with E-state index in [0.717, 1.165) is 5.56 Å². The predicted molar refractivity (Wildman–Crippen MR) is 120 cm³/mol. The summed E-state index contributed by atoms with van der Waals surface area (Å²) in [4.78, 5) is 41.5. The topological polar surface area (TPSA) is 94.6 Å². The van der Waals surface area contributed by atoms with Crippen LogP contribution in [0.1, 0.15) is 36.6 Å². The molecule has 0 radical (unpaired) electrons. The SMILES string of the molecule is COC(=O)c1ccccc1CN1CCN(C(=O)c2cc(OC)c(OC)cc2C(=O)OC)CC1. The Kier molecular flexibility index (Phi) is 7.89. The zero-order valence-corrected chi connectivity index (χ0v) is 19.3. The number of esters is 2. The molecule has 1 fully saturated rings. The summed E-state index contributed by atoms with van der Waals surface area (Å²) in [6, 6.07) is 10.3. The van der Waals surface area contributed by atoms with Gasteiger partial charge in [-0.25, -0.2) is 9.59 Å². The number of carbonyl (C=O) groups is 3. The van der Waals surface area contributed by atoms with Gasteiger partial charge in [-0.2, -0.15) is 0 Å². The third kappa shape index (κ3) is 5.25. The van der Waals surface area contributed by atoms with Gasteiger partial charge in [0.2, 0.25) is 0 Å². The molecule has 1 aliphatic heterocycles. The van der Waals surface area contributed by atoms with Crippen molar-refractivity contribution < 1.29 is 33.3 Å². The van der Waals surface area contributed by atoms with Gasteiger partial charge in [0.1, 0.15) is 0 Å². The molecule has 0 N–H and O–H groups in total. The zero-order valence-electron chi connectivity index (χ0n) is 19.3. The lowest BCUT2D eigenvalue weighted by Crippen LogP contribution is -2.48. The lowest BCUT2D eigenvalue weighted by Gasteiger charge is -2.35. The van der Waals surface area contributed by atoms with Crippen molar-refractivity contribution in [1.82, 2.24) is 9.80 Å². The smallest absolute Gasteiger partial charge is 0.338 e. The summed E-state index contributed by atoms with van der Waals surface area (Å²) in [5.41, 5.74) is 1.72. The number of rotatable bonds is 7. The highest BCUT2D eigenvalue weighted by Crippen LogP contribution is 2.32. The number of piperazine rings is 1. The molecule has 2 aromatic rings. The van der Waals surface area contributed by atoms with Gasteiger partial charge in [-0.05, 0) is 23.8 Å². The summed E-state index contributed by atoms with van der Waals surface area (Å²) < 4.78 is 20.3. The van der Waals surface area contributed by atoms with Gasteiger partial charge in [-0.3, -0.25) is 9.69 Å². The number of hydrogen-bond donors (Lipinski definition) is 0. The van der Waals surface area contributed by atoms with E-state index in [9.17, 15) is 14.4 Å². The maximum absolute atomic E-state index is 13.3. The number of hydrogen-bond acceptors (Lipinski definition) is 8. The highest BCUT2D eigenvalue weighted by atomic mass is 16.5. The quantitative estimate of drug-likeness (QED) is 0.586. The molecule has 9 nitrogen and oxygen atoms in total. The first kappa shape index (κ1) is 24.1. The fourth-order valence-corrected chi connectivity index (χ4v) is 3.82. The molecule has 1 saturated heterocycles. The van der Waals surface area contributed by atoms with Gasteiger partial charge in [0, 0.05) is 32.7 Å². The number of ether oxygens (including phenoxy) is 4. The maximum Gasteiger partial charge on any atom is 0.338 e. The van der Waals surface area contributed by atoms with Crippen molar-refractivity contribution in [2.75, 3.05) is 54.6 Å². The standard InChI is InChI=1S/C24H28N2O7/c1-30-20-13-18(19(24(29)33-4)14-21(20)31-2)22(27)26-11-9-25(10-12-26)15-16-7-5-6-8-17(16)23(28)32-3/h5-8,13-14H,9-12,15H2,1-4H3. The maximum atomic E-state index is 13.3. The Morgan fingerprint density at radius 1 is 0.758 bits per heavy atom. The van der Waals surface area contributed by atoms with Crippen molar-refractivity contribution in [3.8, 4) is 11.5 Å². The van der Waals surface area contributed by atoms with E-state index in [0.29, 0.717) is 49.8 Å². The van der Waals surface area contributed by atoms with E-state index < -0.39 is 5.97 Å². The molecule has 1 aliphatic rings. The molecule has 176 valence electrons. The molecule has 3 rings (SSSR count). The lowest BCUT2D eigenvalue weighted by molar-refractivity contribution is 0.0565. The number of amides is 1. The van der Waals surface area contributed by atoms with E-state index in [-0.39, 0.29) is 23.0 Å². The van der Waals surface area contributed by atoms with Crippen LogP contribution in [0.5, 0.6) is 11.5 Å². The van der Waals surface area contributed by atoms with E-state index >= 15 is 0 Å². The van der Waals surface area contributed by atoms with E-state index in [1.165, 1.54) is 40.6 Å². The minimum absolute atomic E-state index is 0.120. The Balaban J connectivity index is 1.75. The summed E-state index contributed by atoms with van der Waals surface area (Å²) >= 11 is 0. The van der Waals surface area contributed by atoms with Crippen LogP contribution < -0.4 is 9.47 Å². The van der Waals surface area contributed by atoms with Crippen LogP contribution in [0.25, 0.3) is 0 Å². The number of nitrogens with zero attached hydrogens (tertiary/aromatic N) is 2. The van der Waals surface area contributed by atoms with Crippen molar-refractivity contribution in [3.05, 3.63) is 58.7 Å². The molecule has 1 heterocycles. The third-order valence-electron chi connectivity index (χ3n) is 5.64. The van der Waals surface area contributed by atoms with Crippen molar-refractivity contribution in [3.63, 3.8) is 0 Å². The van der Waals surface area contributed by atoms with Crippen LogP contribution in [0.2, 0.25) is 0 Å². The molecule has 0 aromatic heterocycles. The average Bonchev–Trinajstić information content (AvgIpc) is 2.87. The normalized spacial score (nSPS) is 13.9. The minimum Gasteiger partial charge on any atom is -0.493 e. The van der Waals surface area contributed by atoms with Gasteiger partial charge in [-0.1, -0.05) is 18.2 Å². The van der Waals surface area contributed by atoms with E-state index in [4.69, 9.17) is 18.9 Å².